The summed E-state index contributed by atoms with van der Waals surface area (Å²) in [6.07, 6.45) is -2.09. The average Bonchev–Trinajstić information content (AvgIpc) is 3.29. The van der Waals surface area contributed by atoms with Crippen LogP contribution in [0.4, 0.5) is 5.95 Å². The van der Waals surface area contributed by atoms with Crippen molar-refractivity contribution in [3.05, 3.63) is 16.4 Å². The van der Waals surface area contributed by atoms with Crippen molar-refractivity contribution in [2.45, 2.75) is 82.6 Å². The number of nitro groups is 1. The molecule has 1 aromatic rings. The van der Waals surface area contributed by atoms with Gasteiger partial charge in [-0.05, 0) is 32.6 Å². The predicted molar refractivity (Wildman–Crippen MR) is 96.0 cm³/mol. The van der Waals surface area contributed by atoms with Gasteiger partial charge in [0.05, 0.1) is 25.9 Å². The normalized spacial score (nSPS) is 35.0. The Labute approximate surface area is 172 Å². The third-order valence-corrected chi connectivity index (χ3v) is 4.93. The lowest BCUT2D eigenvalue weighted by Gasteiger charge is -2.37. The lowest BCUT2D eigenvalue weighted by molar-refractivity contribution is -0.394. The van der Waals surface area contributed by atoms with Crippen LogP contribution >= 0.6 is 0 Å². The monoisotopic (exact) mass is 430 g/mol. The Bertz CT molecular complexity index is 785. The van der Waals surface area contributed by atoms with Crippen LogP contribution in [0.25, 0.3) is 0 Å². The molecule has 0 bridgehead atoms. The summed E-state index contributed by atoms with van der Waals surface area (Å²) < 4.78 is 36.7. The Morgan fingerprint density at radius 3 is 2.57 bits per heavy atom. The first-order valence-corrected chi connectivity index (χ1v) is 9.69. The second-order valence-corrected chi connectivity index (χ2v) is 8.42. The molecule has 0 radical (unpaired) electrons. The summed E-state index contributed by atoms with van der Waals surface area (Å²) >= 11 is 0. The van der Waals surface area contributed by atoms with Crippen molar-refractivity contribution < 1.29 is 38.5 Å². The fourth-order valence-corrected chi connectivity index (χ4v) is 3.87. The van der Waals surface area contributed by atoms with Gasteiger partial charge in [0.2, 0.25) is 6.33 Å². The highest BCUT2D eigenvalue weighted by Gasteiger charge is 2.60. The number of ether oxygens (including phenoxy) is 6. The average molecular weight is 430 g/mol. The van der Waals surface area contributed by atoms with E-state index in [1.807, 2.05) is 13.8 Å². The van der Waals surface area contributed by atoms with Crippen molar-refractivity contribution in [3.8, 4) is 0 Å². The van der Waals surface area contributed by atoms with Crippen LogP contribution in [0.3, 0.4) is 0 Å². The van der Waals surface area contributed by atoms with Gasteiger partial charge in [-0.3, -0.25) is 0 Å². The van der Waals surface area contributed by atoms with E-state index < -0.39 is 53.2 Å². The minimum atomic E-state index is -0.944. The number of nitrogens with zero attached hydrogens (tertiary/aromatic N) is 4. The molecule has 30 heavy (non-hydrogen) atoms. The minimum absolute atomic E-state index is 0.000892. The molecule has 0 aromatic carbocycles. The molecule has 3 saturated heterocycles. The Morgan fingerprint density at radius 2 is 1.87 bits per heavy atom. The zero-order valence-electron chi connectivity index (χ0n) is 17.2. The van der Waals surface area contributed by atoms with E-state index in [9.17, 15) is 15.2 Å². The van der Waals surface area contributed by atoms with Crippen LogP contribution in [0.2, 0.25) is 0 Å². The number of fused-ring (bicyclic) bond motifs is 3. The van der Waals surface area contributed by atoms with Crippen LogP contribution < -0.4 is 0 Å². The molecular weight excluding hydrogens is 404 g/mol. The molecule has 3 aliphatic rings. The van der Waals surface area contributed by atoms with Gasteiger partial charge in [-0.25, -0.2) is 0 Å². The van der Waals surface area contributed by atoms with Crippen molar-refractivity contribution in [1.29, 1.82) is 0 Å². The predicted octanol–water partition coefficient (Wildman–Crippen LogP) is -0.0397. The van der Waals surface area contributed by atoms with Gasteiger partial charge >= 0.3 is 5.95 Å². The highest BCUT2D eigenvalue weighted by molar-refractivity contribution is 5.00. The standard InChI is InChI=1S/C17H26N4O9/c1-16(2)27-11-10(26-14-13(12(11)28-16)29-17(3,4)30-14)7-25-6-9(22)5-20-8-18-15(19-20)21(23)24/h8-14,22H,5-7H2,1-4H3/t9?,10-,11+,12+,13-,14-/m1/s1. The fourth-order valence-electron chi connectivity index (χ4n) is 3.87. The SMILES string of the molecule is CC1(C)O[C@H]2[C@@H](O1)[C@@H](COCC(O)Cn1cnc([N+](=O)[O-])n1)O[C@@H]1OC(C)(C)O[C@@H]12. The van der Waals surface area contributed by atoms with Crippen LogP contribution in [0, 0.1) is 10.1 Å². The van der Waals surface area contributed by atoms with Gasteiger partial charge < -0.3 is 43.6 Å². The zero-order chi connectivity index (χ0) is 21.7. The first-order valence-electron chi connectivity index (χ1n) is 9.69. The number of aliphatic hydroxyl groups excluding tert-OH is 1. The van der Waals surface area contributed by atoms with Crippen molar-refractivity contribution in [2.24, 2.45) is 0 Å². The largest absolute Gasteiger partial charge is 0.490 e. The number of hydrogen-bond acceptors (Lipinski definition) is 11. The number of aliphatic hydroxyl groups is 1. The number of rotatable bonds is 7. The second kappa shape index (κ2) is 7.75. The first kappa shape index (κ1) is 21.5. The molecule has 1 unspecified atom stereocenters. The Morgan fingerprint density at radius 1 is 1.20 bits per heavy atom. The smallest absolute Gasteiger partial charge is 0.390 e. The van der Waals surface area contributed by atoms with Crippen molar-refractivity contribution >= 4 is 5.95 Å². The van der Waals surface area contributed by atoms with Crippen LogP contribution in [0.5, 0.6) is 0 Å². The van der Waals surface area contributed by atoms with E-state index in [0.717, 1.165) is 0 Å². The highest BCUT2D eigenvalue weighted by atomic mass is 16.9. The summed E-state index contributed by atoms with van der Waals surface area (Å²) in [5.41, 5.74) is 0. The van der Waals surface area contributed by atoms with Crippen LogP contribution in [-0.2, 0) is 35.0 Å². The second-order valence-electron chi connectivity index (χ2n) is 8.42. The van der Waals surface area contributed by atoms with Gasteiger partial charge in [-0.15, -0.1) is 0 Å². The molecule has 4 heterocycles. The summed E-state index contributed by atoms with van der Waals surface area (Å²) in [4.78, 5) is 13.5. The van der Waals surface area contributed by atoms with Crippen molar-refractivity contribution in [1.82, 2.24) is 14.8 Å². The quantitative estimate of drug-likeness (QED) is 0.458. The van der Waals surface area contributed by atoms with Gasteiger partial charge in [0.1, 0.15) is 24.4 Å². The third-order valence-electron chi connectivity index (χ3n) is 4.93. The van der Waals surface area contributed by atoms with Crippen LogP contribution in [0.15, 0.2) is 6.33 Å². The highest BCUT2D eigenvalue weighted by Crippen LogP contribution is 2.44. The summed E-state index contributed by atoms with van der Waals surface area (Å²) in [6.45, 7) is 7.34. The molecule has 168 valence electrons. The maximum absolute atomic E-state index is 10.6. The Hall–Kier alpha value is -1.74. The molecule has 0 spiro atoms. The zero-order valence-corrected chi connectivity index (χ0v) is 17.2. The molecule has 0 amide bonds. The summed E-state index contributed by atoms with van der Waals surface area (Å²) in [7, 11) is 0. The molecule has 6 atom stereocenters. The molecule has 4 rings (SSSR count). The van der Waals surface area contributed by atoms with Crippen molar-refractivity contribution in [2.75, 3.05) is 13.2 Å². The van der Waals surface area contributed by atoms with E-state index in [0.29, 0.717) is 0 Å². The van der Waals surface area contributed by atoms with Gasteiger partial charge in [0, 0.05) is 5.10 Å². The van der Waals surface area contributed by atoms with Crippen LogP contribution in [-0.4, -0.2) is 86.4 Å². The van der Waals surface area contributed by atoms with E-state index in [2.05, 4.69) is 10.1 Å². The van der Waals surface area contributed by atoms with Gasteiger partial charge in [0.25, 0.3) is 0 Å². The van der Waals surface area contributed by atoms with Gasteiger partial charge in [-0.2, -0.15) is 4.68 Å². The maximum atomic E-state index is 10.6. The Kier molecular flexibility index (Phi) is 5.55. The lowest BCUT2D eigenvalue weighted by atomic mass is 9.99. The van der Waals surface area contributed by atoms with Gasteiger partial charge in [-0.1, -0.05) is 4.98 Å². The maximum Gasteiger partial charge on any atom is 0.490 e. The molecule has 13 heteroatoms. The molecule has 1 N–H and O–H groups in total. The number of aromatic nitrogens is 3. The summed E-state index contributed by atoms with van der Waals surface area (Å²) in [6, 6.07) is 0. The number of hydrogen-bond donors (Lipinski definition) is 1. The van der Waals surface area contributed by atoms with Gasteiger partial charge in [0.15, 0.2) is 17.9 Å². The van der Waals surface area contributed by atoms with E-state index in [4.69, 9.17) is 28.4 Å². The molecular formula is C17H26N4O9. The van der Waals surface area contributed by atoms with E-state index in [1.165, 1.54) is 11.0 Å². The molecule has 3 aliphatic heterocycles. The van der Waals surface area contributed by atoms with E-state index >= 15 is 0 Å². The van der Waals surface area contributed by atoms with E-state index in [1.54, 1.807) is 13.8 Å². The molecule has 13 nitrogen and oxygen atoms in total. The lowest BCUT2D eigenvalue weighted by Crippen LogP contribution is -2.56. The Balaban J connectivity index is 1.32. The van der Waals surface area contributed by atoms with E-state index in [-0.39, 0.29) is 25.9 Å². The third kappa shape index (κ3) is 4.46. The molecule has 0 saturated carbocycles. The van der Waals surface area contributed by atoms with Crippen LogP contribution in [0.1, 0.15) is 27.7 Å². The summed E-state index contributed by atoms with van der Waals surface area (Å²) in [5.74, 6) is -2.13. The fraction of sp³-hybridized carbons (Fsp3) is 0.882. The van der Waals surface area contributed by atoms with Crippen molar-refractivity contribution in [3.63, 3.8) is 0 Å². The molecule has 0 aliphatic carbocycles. The summed E-state index contributed by atoms with van der Waals surface area (Å²) in [5, 5.41) is 24.4. The molecule has 1 aromatic heterocycles. The topological polar surface area (TPSA) is 149 Å². The molecule has 3 fully saturated rings. The minimum Gasteiger partial charge on any atom is -0.390 e. The first-order chi connectivity index (χ1) is 14.0.